The largest absolute Gasteiger partial charge is 0.206 e. The Morgan fingerprint density at radius 2 is 1.92 bits per heavy atom. The predicted molar refractivity (Wildman–Crippen MR) is 45.9 cm³/mol. The minimum atomic E-state index is -0.682. The first kappa shape index (κ1) is 9.26. The molecular formula is C9H7F2S. The molecule has 0 amide bonds. The van der Waals surface area contributed by atoms with Crippen LogP contribution in [0, 0.1) is 17.7 Å². The first-order valence-corrected chi connectivity index (χ1v) is 4.11. The van der Waals surface area contributed by atoms with E-state index < -0.39 is 11.6 Å². The smallest absolute Gasteiger partial charge is 0.135 e. The van der Waals surface area contributed by atoms with Crippen LogP contribution >= 0.6 is 11.8 Å². The normalized spacial score (nSPS) is 9.92. The van der Waals surface area contributed by atoms with Gasteiger partial charge in [-0.05, 0) is 24.0 Å². The number of allylic oxidation sites excluding steroid dienone is 1. The summed E-state index contributed by atoms with van der Waals surface area (Å²) in [4.78, 5) is 1.30. The van der Waals surface area contributed by atoms with Gasteiger partial charge in [0.2, 0.25) is 0 Å². The number of hydrogen-bond donors (Lipinski definition) is 0. The van der Waals surface area contributed by atoms with Crippen LogP contribution in [0.25, 0.3) is 0 Å². The van der Waals surface area contributed by atoms with Gasteiger partial charge in [0.15, 0.2) is 0 Å². The lowest BCUT2D eigenvalue weighted by molar-refractivity contribution is 0.573. The molecule has 0 bridgehead atoms. The highest BCUT2D eigenvalue weighted by atomic mass is 32.2. The maximum absolute atomic E-state index is 12.5. The maximum Gasteiger partial charge on any atom is 0.135 e. The highest BCUT2D eigenvalue weighted by molar-refractivity contribution is 8.03. The zero-order valence-electron chi connectivity index (χ0n) is 6.53. The molecule has 0 saturated carbocycles. The molecule has 0 N–H and O–H groups in total. The van der Waals surface area contributed by atoms with Crippen molar-refractivity contribution in [2.24, 2.45) is 0 Å². The zero-order chi connectivity index (χ0) is 9.14. The summed E-state index contributed by atoms with van der Waals surface area (Å²) in [7, 11) is 0. The molecule has 0 fully saturated rings. The van der Waals surface area contributed by atoms with E-state index in [0.29, 0.717) is 4.90 Å². The summed E-state index contributed by atoms with van der Waals surface area (Å²) in [6, 6.07) is 4.36. The predicted octanol–water partition coefficient (Wildman–Crippen LogP) is 3.39. The summed E-state index contributed by atoms with van der Waals surface area (Å²) in [5.41, 5.74) is 0. The van der Waals surface area contributed by atoms with Crippen LogP contribution in [0.1, 0.15) is 6.92 Å². The van der Waals surface area contributed by atoms with E-state index in [0.717, 1.165) is 4.91 Å². The Labute approximate surface area is 74.3 Å². The molecule has 0 nitrogen and oxygen atoms in total. The molecule has 0 aliphatic rings. The van der Waals surface area contributed by atoms with Crippen molar-refractivity contribution in [1.29, 1.82) is 0 Å². The van der Waals surface area contributed by atoms with Gasteiger partial charge in [-0.15, -0.1) is 0 Å². The van der Waals surface area contributed by atoms with Gasteiger partial charge in [0.25, 0.3) is 0 Å². The Kier molecular flexibility index (Phi) is 2.87. The highest BCUT2D eigenvalue weighted by Gasteiger charge is 2.01. The molecule has 1 radical (unpaired) electrons. The van der Waals surface area contributed by atoms with E-state index in [1.54, 1.807) is 6.92 Å². The summed E-state index contributed by atoms with van der Waals surface area (Å²) < 4.78 is 25.1. The molecule has 1 aromatic rings. The van der Waals surface area contributed by atoms with Crippen molar-refractivity contribution in [3.05, 3.63) is 41.3 Å². The van der Waals surface area contributed by atoms with Crippen LogP contribution in [-0.4, -0.2) is 0 Å². The molecule has 0 aliphatic carbocycles. The Bertz CT molecular complexity index is 287. The van der Waals surface area contributed by atoms with E-state index >= 15 is 0 Å². The average molecular weight is 185 g/mol. The summed E-state index contributed by atoms with van der Waals surface area (Å²) in [6.45, 7) is 5.39. The third kappa shape index (κ3) is 2.66. The zero-order valence-corrected chi connectivity index (χ0v) is 7.34. The quantitative estimate of drug-likeness (QED) is 0.636. The van der Waals surface area contributed by atoms with Crippen LogP contribution in [0.4, 0.5) is 8.78 Å². The lowest BCUT2D eigenvalue weighted by atomic mass is 10.3. The van der Waals surface area contributed by atoms with Crippen LogP contribution in [0.5, 0.6) is 0 Å². The second-order valence-corrected chi connectivity index (χ2v) is 3.69. The molecule has 12 heavy (non-hydrogen) atoms. The van der Waals surface area contributed by atoms with Gasteiger partial charge >= 0.3 is 0 Å². The number of halogens is 2. The SMILES string of the molecule is C=C(C)Sc1cc(F)[c]c(F)c1. The van der Waals surface area contributed by atoms with Crippen LogP contribution in [0.3, 0.4) is 0 Å². The Balaban J connectivity index is 2.93. The Hall–Kier alpha value is -0.830. The van der Waals surface area contributed by atoms with E-state index in [1.807, 2.05) is 6.07 Å². The molecule has 0 unspecified atom stereocenters. The van der Waals surface area contributed by atoms with Crippen molar-refractivity contribution in [3.8, 4) is 0 Å². The van der Waals surface area contributed by atoms with Crippen LogP contribution in [0.2, 0.25) is 0 Å². The third-order valence-electron chi connectivity index (χ3n) is 1.07. The molecule has 3 heteroatoms. The molecule has 0 spiro atoms. The summed E-state index contributed by atoms with van der Waals surface area (Å²) >= 11 is 1.23. The summed E-state index contributed by atoms with van der Waals surface area (Å²) in [5.74, 6) is -1.36. The van der Waals surface area contributed by atoms with Crippen molar-refractivity contribution >= 4 is 11.8 Å². The third-order valence-corrected chi connectivity index (χ3v) is 1.89. The molecule has 0 saturated heterocycles. The van der Waals surface area contributed by atoms with Crippen LogP contribution < -0.4 is 0 Å². The van der Waals surface area contributed by atoms with Crippen molar-refractivity contribution < 1.29 is 8.78 Å². The van der Waals surface area contributed by atoms with Gasteiger partial charge in [0.05, 0.1) is 6.07 Å². The van der Waals surface area contributed by atoms with Crippen molar-refractivity contribution in [3.63, 3.8) is 0 Å². The first-order chi connectivity index (χ1) is 5.58. The molecule has 0 aliphatic heterocycles. The van der Waals surface area contributed by atoms with Gasteiger partial charge in [-0.2, -0.15) is 0 Å². The lowest BCUT2D eigenvalue weighted by Gasteiger charge is -1.99. The van der Waals surface area contributed by atoms with Gasteiger partial charge < -0.3 is 0 Å². The first-order valence-electron chi connectivity index (χ1n) is 3.29. The second kappa shape index (κ2) is 3.72. The van der Waals surface area contributed by atoms with E-state index in [9.17, 15) is 8.78 Å². The number of thioether (sulfide) groups is 1. The number of rotatable bonds is 2. The van der Waals surface area contributed by atoms with Crippen LogP contribution in [-0.2, 0) is 0 Å². The average Bonchev–Trinajstić information content (AvgIpc) is 1.81. The van der Waals surface area contributed by atoms with Crippen molar-refractivity contribution in [2.45, 2.75) is 11.8 Å². The summed E-state index contributed by atoms with van der Waals surface area (Å²) in [5, 5.41) is 0. The summed E-state index contributed by atoms with van der Waals surface area (Å²) in [6.07, 6.45) is 0. The van der Waals surface area contributed by atoms with E-state index in [2.05, 4.69) is 6.58 Å². The minimum Gasteiger partial charge on any atom is -0.206 e. The molecule has 0 aromatic heterocycles. The number of hydrogen-bond acceptors (Lipinski definition) is 1. The number of benzene rings is 1. The van der Waals surface area contributed by atoms with Gasteiger partial charge in [-0.1, -0.05) is 18.3 Å². The molecule has 0 atom stereocenters. The fourth-order valence-corrected chi connectivity index (χ4v) is 1.46. The van der Waals surface area contributed by atoms with E-state index in [4.69, 9.17) is 0 Å². The van der Waals surface area contributed by atoms with E-state index in [-0.39, 0.29) is 0 Å². The Morgan fingerprint density at radius 3 is 2.33 bits per heavy atom. The Morgan fingerprint density at radius 1 is 1.42 bits per heavy atom. The fourth-order valence-electron chi connectivity index (χ4n) is 0.738. The second-order valence-electron chi connectivity index (χ2n) is 2.32. The van der Waals surface area contributed by atoms with Gasteiger partial charge in [0.1, 0.15) is 11.6 Å². The highest BCUT2D eigenvalue weighted by Crippen LogP contribution is 2.25. The molecule has 1 aromatic carbocycles. The molecular weight excluding hydrogens is 178 g/mol. The topological polar surface area (TPSA) is 0 Å². The molecule has 1 rings (SSSR count). The van der Waals surface area contributed by atoms with Gasteiger partial charge in [-0.25, -0.2) is 8.78 Å². The monoisotopic (exact) mass is 185 g/mol. The maximum atomic E-state index is 12.5. The van der Waals surface area contributed by atoms with Gasteiger partial charge in [0, 0.05) is 4.90 Å². The molecule has 63 valence electrons. The van der Waals surface area contributed by atoms with Crippen molar-refractivity contribution in [1.82, 2.24) is 0 Å². The van der Waals surface area contributed by atoms with Crippen LogP contribution in [0.15, 0.2) is 28.5 Å². The van der Waals surface area contributed by atoms with Crippen molar-refractivity contribution in [2.75, 3.05) is 0 Å². The minimum absolute atomic E-state index is 0.510. The fraction of sp³-hybridized carbons (Fsp3) is 0.111. The molecule has 0 heterocycles. The standard InChI is InChI=1S/C9H7F2S/c1-6(2)12-9-4-7(10)3-8(11)5-9/h4-5H,1H2,2H3. The van der Waals surface area contributed by atoms with E-state index in [1.165, 1.54) is 23.9 Å². The lowest BCUT2D eigenvalue weighted by Crippen LogP contribution is -1.81. The van der Waals surface area contributed by atoms with Gasteiger partial charge in [-0.3, -0.25) is 0 Å².